The molecule has 0 saturated heterocycles. The summed E-state index contributed by atoms with van der Waals surface area (Å²) < 4.78 is 0. The van der Waals surface area contributed by atoms with Crippen molar-refractivity contribution in [3.63, 3.8) is 0 Å². The fraction of sp³-hybridized carbons (Fsp3) is 0.943. The Balaban J connectivity index is 2.06. The highest BCUT2D eigenvalue weighted by atomic mass is 15.4. The Morgan fingerprint density at radius 1 is 0.351 bits per heavy atom. The number of nitrogens with zero attached hydrogens (tertiary/aromatic N) is 2. The molecule has 37 heavy (non-hydrogen) atoms. The molecule has 1 heterocycles. The van der Waals surface area contributed by atoms with Crippen LogP contribution in [-0.2, 0) is 0 Å². The van der Waals surface area contributed by atoms with Crippen LogP contribution in [0.3, 0.4) is 0 Å². The van der Waals surface area contributed by atoms with Gasteiger partial charge in [0, 0.05) is 25.5 Å². The van der Waals surface area contributed by atoms with Crippen LogP contribution in [0.4, 0.5) is 0 Å². The van der Waals surface area contributed by atoms with Gasteiger partial charge in [0.15, 0.2) is 0 Å². The van der Waals surface area contributed by atoms with E-state index in [1.165, 1.54) is 186 Å². The molecule has 2 heteroatoms. The second kappa shape index (κ2) is 26.9. The molecule has 0 aromatic rings. The quantitative estimate of drug-likeness (QED) is 0.0908. The van der Waals surface area contributed by atoms with Crippen LogP contribution in [-0.4, -0.2) is 29.1 Å². The van der Waals surface area contributed by atoms with Crippen LogP contribution in [0.1, 0.15) is 194 Å². The minimum atomic E-state index is 0.641. The molecule has 0 N–H and O–H groups in total. The van der Waals surface area contributed by atoms with Crippen LogP contribution < -0.4 is 0 Å². The molecule has 0 spiro atoms. The first-order valence-corrected chi connectivity index (χ1v) is 17.5. The van der Waals surface area contributed by atoms with E-state index in [2.05, 4.69) is 43.0 Å². The minimum Gasteiger partial charge on any atom is -0.356 e. The molecule has 220 valence electrons. The van der Waals surface area contributed by atoms with E-state index in [0.717, 1.165) is 0 Å². The third-order valence-electron chi connectivity index (χ3n) is 8.57. The van der Waals surface area contributed by atoms with Gasteiger partial charge in [0.25, 0.3) is 0 Å². The highest BCUT2D eigenvalue weighted by molar-refractivity contribution is 4.96. The predicted octanol–water partition coefficient (Wildman–Crippen LogP) is 12.0. The molecular formula is C35H70N2. The lowest BCUT2D eigenvalue weighted by Gasteiger charge is -2.33. The van der Waals surface area contributed by atoms with Crippen molar-refractivity contribution in [3.05, 3.63) is 12.4 Å². The smallest absolute Gasteiger partial charge is 0.101 e. The van der Waals surface area contributed by atoms with E-state index in [4.69, 9.17) is 0 Å². The Bertz CT molecular complexity index is 474. The molecule has 1 aliphatic heterocycles. The van der Waals surface area contributed by atoms with Crippen LogP contribution in [0.5, 0.6) is 0 Å². The van der Waals surface area contributed by atoms with Crippen LogP contribution in [0, 0.1) is 0 Å². The Kier molecular flexibility index (Phi) is 25.0. The lowest BCUT2D eigenvalue weighted by atomic mass is 10.0. The summed E-state index contributed by atoms with van der Waals surface area (Å²) in [4.78, 5) is 5.34. The molecule has 1 aliphatic rings. The summed E-state index contributed by atoms with van der Waals surface area (Å²) in [6.07, 6.45) is 44.1. The van der Waals surface area contributed by atoms with Crippen molar-refractivity contribution in [3.8, 4) is 0 Å². The molecule has 0 bridgehead atoms. The summed E-state index contributed by atoms with van der Waals surface area (Å²) in [7, 11) is 0. The fourth-order valence-corrected chi connectivity index (χ4v) is 5.98. The van der Waals surface area contributed by atoms with Gasteiger partial charge in [0.1, 0.15) is 6.17 Å². The van der Waals surface area contributed by atoms with Crippen molar-refractivity contribution in [2.45, 2.75) is 200 Å². The molecule has 1 atom stereocenters. The zero-order valence-electron chi connectivity index (χ0n) is 26.1. The van der Waals surface area contributed by atoms with E-state index in [1.807, 2.05) is 0 Å². The second-order valence-electron chi connectivity index (χ2n) is 12.2. The lowest BCUT2D eigenvalue weighted by Crippen LogP contribution is -2.39. The van der Waals surface area contributed by atoms with Crippen molar-refractivity contribution in [1.82, 2.24) is 9.80 Å². The maximum Gasteiger partial charge on any atom is 0.101 e. The normalized spacial score (nSPS) is 15.4. The topological polar surface area (TPSA) is 6.48 Å². The standard InChI is InChI=1S/C35H70N2/c1-4-7-10-12-14-16-18-19-20-21-23-25-27-29-32-37-34-33-36(31-9-6-3)35(37)30-28-26-24-22-17-15-13-11-8-5-2/h33-35H,4-32H2,1-3H3. The van der Waals surface area contributed by atoms with E-state index in [-0.39, 0.29) is 0 Å². The molecule has 0 fully saturated rings. The van der Waals surface area contributed by atoms with Gasteiger partial charge >= 0.3 is 0 Å². The average Bonchev–Trinajstić information content (AvgIpc) is 3.29. The van der Waals surface area contributed by atoms with E-state index < -0.39 is 0 Å². The monoisotopic (exact) mass is 519 g/mol. The number of hydrogen-bond acceptors (Lipinski definition) is 2. The van der Waals surface area contributed by atoms with Gasteiger partial charge in [-0.05, 0) is 25.7 Å². The zero-order chi connectivity index (χ0) is 26.7. The molecule has 2 nitrogen and oxygen atoms in total. The first-order valence-electron chi connectivity index (χ1n) is 17.5. The Morgan fingerprint density at radius 3 is 1.03 bits per heavy atom. The maximum atomic E-state index is 2.68. The molecule has 0 aliphatic carbocycles. The maximum absolute atomic E-state index is 2.68. The zero-order valence-corrected chi connectivity index (χ0v) is 26.1. The molecule has 0 amide bonds. The van der Waals surface area contributed by atoms with Crippen molar-refractivity contribution in [1.29, 1.82) is 0 Å². The van der Waals surface area contributed by atoms with Crippen LogP contribution >= 0.6 is 0 Å². The highest BCUT2D eigenvalue weighted by Gasteiger charge is 2.24. The first-order chi connectivity index (χ1) is 18.3. The molecule has 0 aromatic heterocycles. The van der Waals surface area contributed by atoms with Gasteiger partial charge in [0.05, 0.1) is 0 Å². The second-order valence-corrected chi connectivity index (χ2v) is 12.2. The van der Waals surface area contributed by atoms with Crippen molar-refractivity contribution in [2.24, 2.45) is 0 Å². The molecule has 1 unspecified atom stereocenters. The summed E-state index contributed by atoms with van der Waals surface area (Å²) in [5.74, 6) is 0. The number of hydrogen-bond donors (Lipinski definition) is 0. The third-order valence-corrected chi connectivity index (χ3v) is 8.57. The highest BCUT2D eigenvalue weighted by Crippen LogP contribution is 2.23. The summed E-state index contributed by atoms with van der Waals surface area (Å²) in [5, 5.41) is 0. The number of unbranched alkanes of at least 4 members (excludes halogenated alkanes) is 23. The molecule has 0 radical (unpaired) electrons. The van der Waals surface area contributed by atoms with E-state index >= 15 is 0 Å². The van der Waals surface area contributed by atoms with Gasteiger partial charge in [-0.2, -0.15) is 0 Å². The van der Waals surface area contributed by atoms with E-state index in [9.17, 15) is 0 Å². The Hall–Kier alpha value is -0.660. The van der Waals surface area contributed by atoms with Crippen LogP contribution in [0.25, 0.3) is 0 Å². The summed E-state index contributed by atoms with van der Waals surface area (Å²) in [5.41, 5.74) is 0. The Morgan fingerprint density at radius 2 is 0.649 bits per heavy atom. The predicted molar refractivity (Wildman–Crippen MR) is 168 cm³/mol. The largest absolute Gasteiger partial charge is 0.356 e. The number of rotatable bonds is 29. The summed E-state index contributed by atoms with van der Waals surface area (Å²) in [6.45, 7) is 9.44. The van der Waals surface area contributed by atoms with Crippen LogP contribution in [0.2, 0.25) is 0 Å². The van der Waals surface area contributed by atoms with Gasteiger partial charge in [-0.25, -0.2) is 0 Å². The van der Waals surface area contributed by atoms with Gasteiger partial charge < -0.3 is 9.80 Å². The first kappa shape index (κ1) is 34.4. The Labute approximate surface area is 235 Å². The van der Waals surface area contributed by atoms with Crippen LogP contribution in [0.15, 0.2) is 12.4 Å². The van der Waals surface area contributed by atoms with E-state index in [0.29, 0.717) is 6.17 Å². The van der Waals surface area contributed by atoms with Gasteiger partial charge in [-0.3, -0.25) is 0 Å². The van der Waals surface area contributed by atoms with Gasteiger partial charge in [-0.15, -0.1) is 0 Å². The molecule has 0 aromatic carbocycles. The summed E-state index contributed by atoms with van der Waals surface area (Å²) >= 11 is 0. The van der Waals surface area contributed by atoms with Gasteiger partial charge in [0.2, 0.25) is 0 Å². The molecule has 1 rings (SSSR count). The summed E-state index contributed by atoms with van der Waals surface area (Å²) in [6, 6.07) is 0. The fourth-order valence-electron chi connectivity index (χ4n) is 5.98. The lowest BCUT2D eigenvalue weighted by molar-refractivity contribution is 0.136. The average molecular weight is 519 g/mol. The molecular weight excluding hydrogens is 448 g/mol. The SMILES string of the molecule is CCCCCCCCCCCCCCCCN1C=CN(CCCC)C1CCCCCCCCCCCC. The van der Waals surface area contributed by atoms with Crippen molar-refractivity contribution < 1.29 is 0 Å². The van der Waals surface area contributed by atoms with E-state index in [1.54, 1.807) is 0 Å². The van der Waals surface area contributed by atoms with Crippen molar-refractivity contribution >= 4 is 0 Å². The third kappa shape index (κ3) is 20.0. The van der Waals surface area contributed by atoms with Gasteiger partial charge in [-0.1, -0.05) is 168 Å². The molecule has 0 saturated carbocycles. The minimum absolute atomic E-state index is 0.641. The van der Waals surface area contributed by atoms with Crippen molar-refractivity contribution in [2.75, 3.05) is 13.1 Å².